The summed E-state index contributed by atoms with van der Waals surface area (Å²) in [5.41, 5.74) is 4.37. The van der Waals surface area contributed by atoms with Gasteiger partial charge in [0.05, 0.1) is 5.56 Å². The largest absolute Gasteiger partial charge is 0.311 e. The van der Waals surface area contributed by atoms with Gasteiger partial charge in [0.25, 0.3) is 5.91 Å². The molecule has 0 aliphatic carbocycles. The number of carbonyl (C=O) groups excluding carboxylic acids is 2. The number of hydrogen-bond acceptors (Lipinski definition) is 3. The Morgan fingerprint density at radius 1 is 1.17 bits per heavy atom. The van der Waals surface area contributed by atoms with Gasteiger partial charge >= 0.3 is 0 Å². The van der Waals surface area contributed by atoms with Crippen molar-refractivity contribution in [3.63, 3.8) is 0 Å². The molecule has 0 atom stereocenters. The predicted molar refractivity (Wildman–Crippen MR) is 94.8 cm³/mol. The summed E-state index contributed by atoms with van der Waals surface area (Å²) >= 11 is 1.60. The van der Waals surface area contributed by atoms with Gasteiger partial charge in [-0.2, -0.15) is 0 Å². The zero-order valence-corrected chi connectivity index (χ0v) is 14.4. The highest BCUT2D eigenvalue weighted by Gasteiger charge is 2.25. The van der Waals surface area contributed by atoms with Gasteiger partial charge in [0, 0.05) is 35.4 Å². The van der Waals surface area contributed by atoms with Crippen molar-refractivity contribution >= 4 is 29.1 Å². The van der Waals surface area contributed by atoms with Gasteiger partial charge in [-0.05, 0) is 37.1 Å². The topological polar surface area (TPSA) is 37.4 Å². The molecule has 118 valence electrons. The molecule has 0 unspecified atom stereocenters. The summed E-state index contributed by atoms with van der Waals surface area (Å²) in [4.78, 5) is 27.6. The quantitative estimate of drug-likeness (QED) is 0.828. The lowest BCUT2D eigenvalue weighted by molar-refractivity contribution is 0.0983. The summed E-state index contributed by atoms with van der Waals surface area (Å²) in [6, 6.07) is 11.5. The second kappa shape index (κ2) is 6.20. The van der Waals surface area contributed by atoms with E-state index < -0.39 is 0 Å². The number of benzene rings is 2. The van der Waals surface area contributed by atoms with Crippen LogP contribution in [-0.2, 0) is 0 Å². The molecule has 1 heterocycles. The molecule has 23 heavy (non-hydrogen) atoms. The van der Waals surface area contributed by atoms with Gasteiger partial charge in [-0.25, -0.2) is 0 Å². The lowest BCUT2D eigenvalue weighted by Gasteiger charge is -2.23. The first-order valence-electron chi connectivity index (χ1n) is 7.63. The van der Waals surface area contributed by atoms with Crippen molar-refractivity contribution in [3.8, 4) is 0 Å². The van der Waals surface area contributed by atoms with E-state index >= 15 is 0 Å². The molecular weight excluding hydrogens is 306 g/mol. The first-order chi connectivity index (χ1) is 11.0. The minimum absolute atomic E-state index is 0.0715. The third-order valence-electron chi connectivity index (χ3n) is 4.15. The van der Waals surface area contributed by atoms with Crippen molar-refractivity contribution in [2.75, 3.05) is 17.7 Å². The third-order valence-corrected chi connectivity index (χ3v) is 5.29. The van der Waals surface area contributed by atoms with E-state index in [4.69, 9.17) is 0 Å². The Morgan fingerprint density at radius 2 is 1.96 bits per heavy atom. The van der Waals surface area contributed by atoms with Crippen LogP contribution in [0.2, 0.25) is 0 Å². The molecule has 1 amide bonds. The Morgan fingerprint density at radius 3 is 2.74 bits per heavy atom. The van der Waals surface area contributed by atoms with Crippen molar-refractivity contribution in [3.05, 3.63) is 58.7 Å². The highest BCUT2D eigenvalue weighted by Crippen LogP contribution is 2.34. The zero-order chi connectivity index (χ0) is 16.6. The van der Waals surface area contributed by atoms with Crippen LogP contribution in [0.4, 0.5) is 5.69 Å². The summed E-state index contributed by atoms with van der Waals surface area (Å²) in [6.45, 7) is 4.01. The van der Waals surface area contributed by atoms with Crippen LogP contribution in [0, 0.1) is 13.8 Å². The summed E-state index contributed by atoms with van der Waals surface area (Å²) in [7, 11) is 1.79. The van der Waals surface area contributed by atoms with Gasteiger partial charge in [0.1, 0.15) is 0 Å². The lowest BCUT2D eigenvalue weighted by atomic mass is 10.0. The number of aryl methyl sites for hydroxylation is 2. The predicted octanol–water partition coefficient (Wildman–Crippen LogP) is 4.26. The van der Waals surface area contributed by atoms with E-state index in [1.165, 1.54) is 0 Å². The Bertz CT molecular complexity index is 798. The number of anilines is 1. The maximum absolute atomic E-state index is 13.0. The van der Waals surface area contributed by atoms with Gasteiger partial charge < -0.3 is 4.90 Å². The van der Waals surface area contributed by atoms with Crippen LogP contribution < -0.4 is 4.90 Å². The highest BCUT2D eigenvalue weighted by atomic mass is 32.2. The van der Waals surface area contributed by atoms with Crippen molar-refractivity contribution in [2.24, 2.45) is 0 Å². The number of thioether (sulfide) groups is 1. The second-order valence-electron chi connectivity index (χ2n) is 5.86. The number of nitrogens with zero attached hydrogens (tertiary/aromatic N) is 1. The fraction of sp³-hybridized carbons (Fsp3) is 0.263. The Kier molecular flexibility index (Phi) is 4.26. The van der Waals surface area contributed by atoms with E-state index in [2.05, 4.69) is 0 Å². The van der Waals surface area contributed by atoms with Gasteiger partial charge in [0.2, 0.25) is 0 Å². The Labute approximate surface area is 140 Å². The maximum atomic E-state index is 13.0. The first-order valence-corrected chi connectivity index (χ1v) is 8.62. The fourth-order valence-corrected chi connectivity index (χ4v) is 3.97. The van der Waals surface area contributed by atoms with Crippen molar-refractivity contribution in [2.45, 2.75) is 25.2 Å². The van der Waals surface area contributed by atoms with E-state index in [-0.39, 0.29) is 11.7 Å². The molecule has 0 saturated heterocycles. The summed E-state index contributed by atoms with van der Waals surface area (Å²) < 4.78 is 0. The van der Waals surface area contributed by atoms with E-state index in [1.807, 2.05) is 44.2 Å². The van der Waals surface area contributed by atoms with Crippen LogP contribution in [0.15, 0.2) is 41.3 Å². The van der Waals surface area contributed by atoms with Crippen LogP contribution in [0.5, 0.6) is 0 Å². The van der Waals surface area contributed by atoms with Gasteiger partial charge in [-0.3, -0.25) is 9.59 Å². The Balaban J connectivity index is 2.02. The molecule has 0 aromatic heterocycles. The van der Waals surface area contributed by atoms with Crippen molar-refractivity contribution in [1.82, 2.24) is 0 Å². The Hall–Kier alpha value is -2.07. The lowest BCUT2D eigenvalue weighted by Crippen LogP contribution is -2.28. The van der Waals surface area contributed by atoms with E-state index in [1.54, 1.807) is 29.8 Å². The average molecular weight is 325 g/mol. The molecule has 0 saturated carbocycles. The van der Waals surface area contributed by atoms with Crippen LogP contribution in [0.3, 0.4) is 0 Å². The van der Waals surface area contributed by atoms with Crippen LogP contribution in [-0.4, -0.2) is 24.5 Å². The second-order valence-corrected chi connectivity index (χ2v) is 6.96. The van der Waals surface area contributed by atoms with Crippen molar-refractivity contribution in [1.29, 1.82) is 0 Å². The molecule has 3 rings (SSSR count). The van der Waals surface area contributed by atoms with Crippen molar-refractivity contribution < 1.29 is 9.59 Å². The van der Waals surface area contributed by atoms with Gasteiger partial charge in [0.15, 0.2) is 5.78 Å². The van der Waals surface area contributed by atoms with Crippen LogP contribution in [0.1, 0.15) is 38.3 Å². The maximum Gasteiger partial charge on any atom is 0.259 e. The smallest absolute Gasteiger partial charge is 0.259 e. The molecule has 3 nitrogen and oxygen atoms in total. The third kappa shape index (κ3) is 2.91. The molecule has 2 aromatic rings. The van der Waals surface area contributed by atoms with E-state index in [0.717, 1.165) is 27.5 Å². The van der Waals surface area contributed by atoms with Gasteiger partial charge in [-0.15, -0.1) is 11.8 Å². The minimum atomic E-state index is -0.0715. The number of rotatable bonds is 2. The van der Waals surface area contributed by atoms with Crippen LogP contribution >= 0.6 is 11.8 Å². The normalized spacial score (nSPS) is 13.6. The van der Waals surface area contributed by atoms with Gasteiger partial charge in [-0.1, -0.05) is 24.3 Å². The first kappa shape index (κ1) is 15.8. The molecule has 0 N–H and O–H groups in total. The standard InChI is InChI=1S/C19H19NO2S/c1-12-7-8-13(2)16(11-12)20(3)19(22)15-6-4-5-14-17(21)9-10-23-18(14)15/h4-8,11H,9-10H2,1-3H3. The molecule has 0 spiro atoms. The highest BCUT2D eigenvalue weighted by molar-refractivity contribution is 7.99. The SMILES string of the molecule is Cc1ccc(C)c(N(C)C(=O)c2cccc3c2SCCC3=O)c1. The molecule has 0 bridgehead atoms. The molecule has 0 radical (unpaired) electrons. The summed E-state index contributed by atoms with van der Waals surface area (Å²) in [5.74, 6) is 0.795. The number of amides is 1. The number of hydrogen-bond donors (Lipinski definition) is 0. The molecule has 0 fully saturated rings. The van der Waals surface area contributed by atoms with E-state index in [9.17, 15) is 9.59 Å². The summed E-state index contributed by atoms with van der Waals surface area (Å²) in [5, 5.41) is 0. The number of fused-ring (bicyclic) bond motifs is 1. The van der Waals surface area contributed by atoms with E-state index in [0.29, 0.717) is 17.5 Å². The average Bonchev–Trinajstić information content (AvgIpc) is 2.56. The number of Topliss-reactive ketones (excluding diaryl/α,β-unsaturated/α-hetero) is 1. The summed E-state index contributed by atoms with van der Waals surface area (Å²) in [6.07, 6.45) is 0.544. The van der Waals surface area contributed by atoms with Crippen LogP contribution in [0.25, 0.3) is 0 Å². The fourth-order valence-electron chi connectivity index (χ4n) is 2.83. The zero-order valence-electron chi connectivity index (χ0n) is 13.6. The molecule has 1 aliphatic heterocycles. The molecule has 1 aliphatic rings. The molecular formula is C19H19NO2S. The minimum Gasteiger partial charge on any atom is -0.311 e. The number of ketones is 1. The number of carbonyl (C=O) groups is 2. The monoisotopic (exact) mass is 325 g/mol. The molecule has 4 heteroatoms. The molecule has 2 aromatic carbocycles.